The third-order valence-electron chi connectivity index (χ3n) is 4.26. The SMILES string of the molecule is C=C1CCN(C(=O)c2ccc(N3CCCS3(=O)=O)cc2)CC1. The van der Waals surface area contributed by atoms with Crippen molar-refractivity contribution in [1.29, 1.82) is 0 Å². The Balaban J connectivity index is 1.74. The van der Waals surface area contributed by atoms with Crippen molar-refractivity contribution in [2.75, 3.05) is 29.7 Å². The molecule has 5 nitrogen and oxygen atoms in total. The highest BCUT2D eigenvalue weighted by atomic mass is 32.2. The number of anilines is 1. The first kappa shape index (κ1) is 15.1. The first-order valence-corrected chi connectivity index (χ1v) is 9.15. The second-order valence-corrected chi connectivity index (χ2v) is 7.84. The summed E-state index contributed by atoms with van der Waals surface area (Å²) in [6.07, 6.45) is 2.37. The molecule has 1 aromatic rings. The zero-order chi connectivity index (χ0) is 15.7. The maximum Gasteiger partial charge on any atom is 0.253 e. The number of hydrogen-bond acceptors (Lipinski definition) is 3. The summed E-state index contributed by atoms with van der Waals surface area (Å²) in [6, 6.07) is 6.88. The summed E-state index contributed by atoms with van der Waals surface area (Å²) in [5, 5.41) is 0. The van der Waals surface area contributed by atoms with E-state index in [-0.39, 0.29) is 11.7 Å². The topological polar surface area (TPSA) is 57.7 Å². The van der Waals surface area contributed by atoms with Crippen LogP contribution in [-0.4, -0.2) is 44.6 Å². The molecule has 0 unspecified atom stereocenters. The third-order valence-corrected chi connectivity index (χ3v) is 6.13. The van der Waals surface area contributed by atoms with Crippen LogP contribution >= 0.6 is 0 Å². The summed E-state index contributed by atoms with van der Waals surface area (Å²) in [4.78, 5) is 14.3. The number of rotatable bonds is 2. The van der Waals surface area contributed by atoms with E-state index in [9.17, 15) is 13.2 Å². The van der Waals surface area contributed by atoms with Gasteiger partial charge in [-0.05, 0) is 43.5 Å². The van der Waals surface area contributed by atoms with E-state index in [1.54, 1.807) is 24.3 Å². The second kappa shape index (κ2) is 5.76. The lowest BCUT2D eigenvalue weighted by molar-refractivity contribution is 0.0744. The Kier molecular flexibility index (Phi) is 3.95. The molecule has 2 heterocycles. The van der Waals surface area contributed by atoms with Crippen LogP contribution < -0.4 is 4.31 Å². The van der Waals surface area contributed by atoms with E-state index in [4.69, 9.17) is 0 Å². The van der Waals surface area contributed by atoms with Crippen LogP contribution in [0.15, 0.2) is 36.4 Å². The molecule has 0 N–H and O–H groups in total. The number of nitrogens with zero attached hydrogens (tertiary/aromatic N) is 2. The van der Waals surface area contributed by atoms with E-state index in [0.717, 1.165) is 12.8 Å². The van der Waals surface area contributed by atoms with Crippen LogP contribution in [-0.2, 0) is 10.0 Å². The molecular formula is C16H20N2O3S. The van der Waals surface area contributed by atoms with Crippen molar-refractivity contribution in [2.24, 2.45) is 0 Å². The number of piperidine rings is 1. The molecule has 0 bridgehead atoms. The Labute approximate surface area is 131 Å². The van der Waals surface area contributed by atoms with Gasteiger partial charge in [0.1, 0.15) is 0 Å². The van der Waals surface area contributed by atoms with Gasteiger partial charge in [-0.2, -0.15) is 0 Å². The number of likely N-dealkylation sites (tertiary alicyclic amines) is 1. The Hall–Kier alpha value is -1.82. The zero-order valence-corrected chi connectivity index (χ0v) is 13.3. The molecule has 0 radical (unpaired) electrons. The fourth-order valence-electron chi connectivity index (χ4n) is 2.91. The van der Waals surface area contributed by atoms with Crippen LogP contribution in [0.3, 0.4) is 0 Å². The molecule has 6 heteroatoms. The molecule has 0 aliphatic carbocycles. The lowest BCUT2D eigenvalue weighted by Gasteiger charge is -2.28. The highest BCUT2D eigenvalue weighted by molar-refractivity contribution is 7.93. The van der Waals surface area contributed by atoms with Gasteiger partial charge in [0.05, 0.1) is 11.4 Å². The predicted octanol–water partition coefficient (Wildman–Crippen LogP) is 2.02. The van der Waals surface area contributed by atoms with Crippen molar-refractivity contribution in [3.63, 3.8) is 0 Å². The van der Waals surface area contributed by atoms with Gasteiger partial charge in [-0.1, -0.05) is 12.2 Å². The predicted molar refractivity (Wildman–Crippen MR) is 86.5 cm³/mol. The molecule has 22 heavy (non-hydrogen) atoms. The molecule has 2 aliphatic heterocycles. The third kappa shape index (κ3) is 2.88. The summed E-state index contributed by atoms with van der Waals surface area (Å²) in [7, 11) is -3.17. The molecule has 3 rings (SSSR count). The molecule has 2 saturated heterocycles. The van der Waals surface area contributed by atoms with Crippen molar-refractivity contribution in [3.8, 4) is 0 Å². The molecule has 0 atom stereocenters. The smallest absolute Gasteiger partial charge is 0.253 e. The fourth-order valence-corrected chi connectivity index (χ4v) is 4.47. The summed E-state index contributed by atoms with van der Waals surface area (Å²) in [5.41, 5.74) is 2.44. The standard InChI is InChI=1S/C16H20N2O3S/c1-13-7-10-17(11-8-13)16(19)14-3-5-15(6-4-14)18-9-2-12-22(18,20)21/h3-6H,1-2,7-12H2. The van der Waals surface area contributed by atoms with Gasteiger partial charge in [0, 0.05) is 25.2 Å². The first-order chi connectivity index (χ1) is 10.5. The Morgan fingerprint density at radius 1 is 1.05 bits per heavy atom. The van der Waals surface area contributed by atoms with E-state index in [2.05, 4.69) is 6.58 Å². The van der Waals surface area contributed by atoms with Crippen molar-refractivity contribution in [2.45, 2.75) is 19.3 Å². The van der Waals surface area contributed by atoms with Crippen LogP contribution in [0.25, 0.3) is 0 Å². The molecule has 1 aromatic carbocycles. The van der Waals surface area contributed by atoms with Crippen molar-refractivity contribution < 1.29 is 13.2 Å². The van der Waals surface area contributed by atoms with E-state index in [1.165, 1.54) is 9.88 Å². The minimum Gasteiger partial charge on any atom is -0.338 e. The molecule has 0 aromatic heterocycles. The summed E-state index contributed by atoms with van der Waals surface area (Å²) in [6.45, 7) is 5.88. The van der Waals surface area contributed by atoms with Gasteiger partial charge in [0.2, 0.25) is 10.0 Å². The lowest BCUT2D eigenvalue weighted by Crippen LogP contribution is -2.36. The van der Waals surface area contributed by atoms with E-state index in [0.29, 0.717) is 37.3 Å². The van der Waals surface area contributed by atoms with E-state index >= 15 is 0 Å². The van der Waals surface area contributed by atoms with Gasteiger partial charge in [-0.25, -0.2) is 8.42 Å². The monoisotopic (exact) mass is 320 g/mol. The lowest BCUT2D eigenvalue weighted by atomic mass is 10.0. The van der Waals surface area contributed by atoms with Crippen LogP contribution in [0, 0.1) is 0 Å². The minimum absolute atomic E-state index is 0.00308. The molecule has 2 fully saturated rings. The first-order valence-electron chi connectivity index (χ1n) is 7.54. The van der Waals surface area contributed by atoms with Crippen molar-refractivity contribution in [1.82, 2.24) is 4.90 Å². The minimum atomic E-state index is -3.17. The molecular weight excluding hydrogens is 300 g/mol. The summed E-state index contributed by atoms with van der Waals surface area (Å²) >= 11 is 0. The van der Waals surface area contributed by atoms with Gasteiger partial charge in [-0.3, -0.25) is 9.10 Å². The summed E-state index contributed by atoms with van der Waals surface area (Å²) < 4.78 is 25.2. The Bertz CT molecular complexity index is 685. The highest BCUT2D eigenvalue weighted by Gasteiger charge is 2.28. The normalized spacial score (nSPS) is 21.2. The van der Waals surface area contributed by atoms with Crippen LogP contribution in [0.2, 0.25) is 0 Å². The number of amides is 1. The summed E-state index contributed by atoms with van der Waals surface area (Å²) in [5.74, 6) is 0.203. The highest BCUT2D eigenvalue weighted by Crippen LogP contribution is 2.25. The van der Waals surface area contributed by atoms with Crippen LogP contribution in [0.5, 0.6) is 0 Å². The number of sulfonamides is 1. The molecule has 1 amide bonds. The average molecular weight is 320 g/mol. The van der Waals surface area contributed by atoms with Crippen molar-refractivity contribution in [3.05, 3.63) is 42.0 Å². The largest absolute Gasteiger partial charge is 0.338 e. The number of carbonyl (C=O) groups is 1. The Morgan fingerprint density at radius 2 is 1.68 bits per heavy atom. The quantitative estimate of drug-likeness (QED) is 0.783. The molecule has 0 saturated carbocycles. The molecule has 118 valence electrons. The number of benzene rings is 1. The number of carbonyl (C=O) groups excluding carboxylic acids is 1. The van der Waals surface area contributed by atoms with E-state index < -0.39 is 10.0 Å². The fraction of sp³-hybridized carbons (Fsp3) is 0.438. The number of hydrogen-bond donors (Lipinski definition) is 0. The van der Waals surface area contributed by atoms with Gasteiger partial charge < -0.3 is 4.90 Å². The van der Waals surface area contributed by atoms with Crippen molar-refractivity contribution >= 4 is 21.6 Å². The maximum atomic E-state index is 12.4. The van der Waals surface area contributed by atoms with Gasteiger partial charge in [-0.15, -0.1) is 0 Å². The average Bonchev–Trinajstić information content (AvgIpc) is 2.87. The van der Waals surface area contributed by atoms with Crippen LogP contribution in [0.4, 0.5) is 5.69 Å². The maximum absolute atomic E-state index is 12.4. The van der Waals surface area contributed by atoms with E-state index in [1.807, 2.05) is 4.90 Å². The molecule has 2 aliphatic rings. The van der Waals surface area contributed by atoms with Crippen LogP contribution in [0.1, 0.15) is 29.6 Å². The van der Waals surface area contributed by atoms with Gasteiger partial charge >= 0.3 is 0 Å². The van der Waals surface area contributed by atoms with Gasteiger partial charge in [0.25, 0.3) is 5.91 Å². The Morgan fingerprint density at radius 3 is 2.23 bits per heavy atom. The second-order valence-electron chi connectivity index (χ2n) is 5.83. The zero-order valence-electron chi connectivity index (χ0n) is 12.5. The molecule has 0 spiro atoms. The van der Waals surface area contributed by atoms with Gasteiger partial charge in [0.15, 0.2) is 0 Å².